The molecule has 0 fully saturated rings. The van der Waals surface area contributed by atoms with Crippen molar-refractivity contribution in [3.05, 3.63) is 17.1 Å². The number of rotatable bonds is 0. The predicted octanol–water partition coefficient (Wildman–Crippen LogP) is 1.93. The first-order valence-electron chi connectivity index (χ1n) is 3.41. The third kappa shape index (κ3) is 1.28. The monoisotopic (exact) mass is 152 g/mol. The Kier molecular flexibility index (Phi) is 1.93. The summed E-state index contributed by atoms with van der Waals surface area (Å²) in [5.41, 5.74) is 4.34. The molecule has 0 spiro atoms. The van der Waals surface area contributed by atoms with Gasteiger partial charge in [0.1, 0.15) is 11.1 Å². The smallest absolute Gasteiger partial charge is 0.143 e. The summed E-state index contributed by atoms with van der Waals surface area (Å²) >= 11 is 0. The van der Waals surface area contributed by atoms with E-state index in [1.807, 2.05) is 6.92 Å². The Bertz CT molecular complexity index is 250. The molecule has 0 saturated heterocycles. The summed E-state index contributed by atoms with van der Waals surface area (Å²) in [5.74, 6) is 0.915. The van der Waals surface area contributed by atoms with Crippen LogP contribution in [-0.2, 0) is 4.74 Å². The standard InChI is InChI=1S/C8H12OSi/c1-6-5-7(2)9-8(6)10(3)4/h1-4H3. The van der Waals surface area contributed by atoms with E-state index in [-0.39, 0.29) is 0 Å². The molecule has 0 aromatic carbocycles. The maximum atomic E-state index is 5.47. The molecule has 0 aromatic heterocycles. The average molecular weight is 152 g/mol. The van der Waals surface area contributed by atoms with Gasteiger partial charge >= 0.3 is 0 Å². The lowest BCUT2D eigenvalue weighted by atomic mass is 10.4. The lowest BCUT2D eigenvalue weighted by molar-refractivity contribution is 0.438. The molecule has 1 rings (SSSR count). The molecule has 0 N–H and O–H groups in total. The van der Waals surface area contributed by atoms with Crippen molar-refractivity contribution in [2.75, 3.05) is 0 Å². The summed E-state index contributed by atoms with van der Waals surface area (Å²) in [5, 5.41) is 1.17. The minimum absolute atomic E-state index is 0.419. The van der Waals surface area contributed by atoms with Gasteiger partial charge in [-0.2, -0.15) is 0 Å². The summed E-state index contributed by atoms with van der Waals surface area (Å²) in [7, 11) is -0.419. The molecule has 54 valence electrons. The molecule has 1 aliphatic rings. The summed E-state index contributed by atoms with van der Waals surface area (Å²) in [4.78, 5) is 0. The van der Waals surface area contributed by atoms with Gasteiger partial charge in [-0.3, -0.25) is 0 Å². The van der Waals surface area contributed by atoms with E-state index in [1.54, 1.807) is 0 Å². The molecule has 0 amide bonds. The lowest BCUT2D eigenvalue weighted by Crippen LogP contribution is -2.10. The number of hydrogen-bond acceptors (Lipinski definition) is 1. The second-order valence-corrected chi connectivity index (χ2v) is 5.19. The van der Waals surface area contributed by atoms with Gasteiger partial charge in [-0.25, -0.2) is 0 Å². The van der Waals surface area contributed by atoms with Crippen LogP contribution < -0.4 is 0 Å². The molecule has 0 aliphatic carbocycles. The van der Waals surface area contributed by atoms with Crippen LogP contribution in [0.4, 0.5) is 0 Å². The Labute approximate surface area is 63.2 Å². The van der Waals surface area contributed by atoms with Crippen LogP contribution in [-0.4, -0.2) is 13.8 Å². The molecule has 1 nitrogen and oxygen atoms in total. The summed E-state index contributed by atoms with van der Waals surface area (Å²) in [6.07, 6.45) is 0. The molecule has 1 aliphatic heterocycles. The lowest BCUT2D eigenvalue weighted by Gasteiger charge is -2.03. The van der Waals surface area contributed by atoms with Crippen molar-refractivity contribution < 1.29 is 4.74 Å². The van der Waals surface area contributed by atoms with Crippen molar-refractivity contribution in [2.45, 2.75) is 26.9 Å². The molecular formula is C8H12OSi. The topological polar surface area (TPSA) is 9.23 Å². The highest BCUT2D eigenvalue weighted by atomic mass is 28.2. The van der Waals surface area contributed by atoms with Crippen molar-refractivity contribution in [3.63, 3.8) is 0 Å². The van der Waals surface area contributed by atoms with Gasteiger partial charge in [-0.1, -0.05) is 18.8 Å². The van der Waals surface area contributed by atoms with Gasteiger partial charge in [0.25, 0.3) is 0 Å². The van der Waals surface area contributed by atoms with Crippen molar-refractivity contribution in [1.29, 1.82) is 0 Å². The quantitative estimate of drug-likeness (QED) is 0.381. The van der Waals surface area contributed by atoms with Crippen LogP contribution in [0.5, 0.6) is 0 Å². The van der Waals surface area contributed by atoms with E-state index in [2.05, 4.69) is 25.7 Å². The Morgan fingerprint density at radius 1 is 1.30 bits per heavy atom. The first-order valence-corrected chi connectivity index (χ1v) is 5.91. The first-order chi connectivity index (χ1) is 4.61. The molecule has 0 atom stereocenters. The molecule has 1 heterocycles. The average Bonchev–Trinajstić information content (AvgIpc) is 2.10. The van der Waals surface area contributed by atoms with Crippen molar-refractivity contribution in [1.82, 2.24) is 0 Å². The van der Waals surface area contributed by atoms with Gasteiger partial charge in [0.05, 0.1) is 8.41 Å². The Morgan fingerprint density at radius 2 is 1.90 bits per heavy atom. The highest BCUT2D eigenvalue weighted by Gasteiger charge is 2.09. The summed E-state index contributed by atoms with van der Waals surface area (Å²) < 4.78 is 5.47. The normalized spacial score (nSPS) is 16.2. The summed E-state index contributed by atoms with van der Waals surface area (Å²) in [6.45, 7) is 8.46. The van der Waals surface area contributed by atoms with Gasteiger partial charge in [0.15, 0.2) is 0 Å². The van der Waals surface area contributed by atoms with E-state index in [0.717, 1.165) is 5.76 Å². The molecule has 0 bridgehead atoms. The predicted molar refractivity (Wildman–Crippen MR) is 45.5 cm³/mol. The first kappa shape index (κ1) is 7.51. The van der Waals surface area contributed by atoms with Crippen LogP contribution >= 0.6 is 0 Å². The zero-order valence-electron chi connectivity index (χ0n) is 6.91. The molecule has 10 heavy (non-hydrogen) atoms. The highest BCUT2D eigenvalue weighted by Crippen LogP contribution is 2.10. The van der Waals surface area contributed by atoms with Crippen molar-refractivity contribution >= 4 is 13.8 Å². The van der Waals surface area contributed by atoms with E-state index in [9.17, 15) is 0 Å². The van der Waals surface area contributed by atoms with Gasteiger partial charge in [-0.05, 0) is 6.92 Å². The van der Waals surface area contributed by atoms with Gasteiger partial charge in [0.2, 0.25) is 0 Å². The molecule has 0 unspecified atom stereocenters. The zero-order valence-corrected chi connectivity index (χ0v) is 7.91. The van der Waals surface area contributed by atoms with Crippen LogP contribution in [0.25, 0.3) is 0 Å². The molecule has 0 aromatic rings. The maximum absolute atomic E-state index is 5.47. The fourth-order valence-corrected chi connectivity index (χ4v) is 2.22. The fraction of sp³-hybridized carbons (Fsp3) is 0.500. The van der Waals surface area contributed by atoms with Gasteiger partial charge < -0.3 is 4.74 Å². The van der Waals surface area contributed by atoms with E-state index < -0.39 is 8.41 Å². The Hall–Kier alpha value is -0.593. The molecule has 2 heteroatoms. The minimum atomic E-state index is -0.419. The van der Waals surface area contributed by atoms with Crippen molar-refractivity contribution in [2.24, 2.45) is 0 Å². The van der Waals surface area contributed by atoms with E-state index >= 15 is 0 Å². The van der Waals surface area contributed by atoms with Gasteiger partial charge in [-0.15, -0.1) is 0 Å². The molecule has 0 saturated carbocycles. The largest absolute Gasteiger partial charge is 0.459 e. The maximum Gasteiger partial charge on any atom is 0.143 e. The van der Waals surface area contributed by atoms with Gasteiger partial charge in [0, 0.05) is 12.5 Å². The van der Waals surface area contributed by atoms with Crippen LogP contribution in [0.3, 0.4) is 0 Å². The fourth-order valence-electron chi connectivity index (χ4n) is 1.05. The third-order valence-corrected chi connectivity index (χ3v) is 2.80. The van der Waals surface area contributed by atoms with Crippen LogP contribution in [0.1, 0.15) is 13.8 Å². The van der Waals surface area contributed by atoms with Crippen molar-refractivity contribution in [3.8, 4) is 0 Å². The minimum Gasteiger partial charge on any atom is -0.459 e. The molecular weight excluding hydrogens is 140 g/mol. The molecule has 0 radical (unpaired) electrons. The zero-order chi connectivity index (χ0) is 7.72. The second-order valence-electron chi connectivity index (χ2n) is 2.74. The van der Waals surface area contributed by atoms with E-state index in [0.29, 0.717) is 0 Å². The number of ether oxygens (including phenoxy) is 1. The SMILES string of the molecule is CC1=C=C(C)C(=[Si](C)C)O1. The van der Waals surface area contributed by atoms with Crippen LogP contribution in [0.15, 0.2) is 17.1 Å². The Balaban J connectivity index is 3.01. The van der Waals surface area contributed by atoms with Crippen LogP contribution in [0, 0.1) is 0 Å². The summed E-state index contributed by atoms with van der Waals surface area (Å²) in [6, 6.07) is 0. The third-order valence-electron chi connectivity index (χ3n) is 1.41. The van der Waals surface area contributed by atoms with E-state index in [1.165, 1.54) is 10.9 Å². The van der Waals surface area contributed by atoms with E-state index in [4.69, 9.17) is 4.74 Å². The number of hydrogen-bond donors (Lipinski definition) is 0. The van der Waals surface area contributed by atoms with Crippen LogP contribution in [0.2, 0.25) is 13.1 Å². The highest BCUT2D eigenvalue weighted by molar-refractivity contribution is 6.70. The second kappa shape index (κ2) is 2.57. The Morgan fingerprint density at radius 3 is 2.10 bits per heavy atom.